The van der Waals surface area contributed by atoms with Crippen molar-refractivity contribution in [2.24, 2.45) is 0 Å². The van der Waals surface area contributed by atoms with Gasteiger partial charge in [-0.3, -0.25) is 4.79 Å². The number of aromatic amines is 1. The first-order chi connectivity index (χ1) is 12.9. The average Bonchev–Trinajstić information content (AvgIpc) is 3.14. The van der Waals surface area contributed by atoms with Gasteiger partial charge in [0.15, 0.2) is 0 Å². The molecule has 1 aromatic carbocycles. The summed E-state index contributed by atoms with van der Waals surface area (Å²) in [6.07, 6.45) is 1.11. The van der Waals surface area contributed by atoms with Crippen LogP contribution in [0.5, 0.6) is 0 Å². The van der Waals surface area contributed by atoms with E-state index in [4.69, 9.17) is 0 Å². The van der Waals surface area contributed by atoms with Gasteiger partial charge in [0, 0.05) is 30.0 Å². The van der Waals surface area contributed by atoms with Crippen LogP contribution in [0.3, 0.4) is 0 Å². The number of benzene rings is 1. The Labute approximate surface area is 161 Å². The van der Waals surface area contributed by atoms with Crippen molar-refractivity contribution < 1.29 is 8.42 Å². The van der Waals surface area contributed by atoms with Gasteiger partial charge in [-0.1, -0.05) is 24.3 Å². The second kappa shape index (κ2) is 7.03. The second-order valence-corrected chi connectivity index (χ2v) is 9.95. The highest BCUT2D eigenvalue weighted by atomic mass is 32.2. The largest absolute Gasteiger partial charge is 0.268 e. The normalized spacial score (nSPS) is 14.9. The molecule has 3 heterocycles. The number of hydrogen-bond acceptors (Lipinski definition) is 5. The Morgan fingerprint density at radius 2 is 1.96 bits per heavy atom. The Morgan fingerprint density at radius 3 is 2.78 bits per heavy atom. The lowest BCUT2D eigenvalue weighted by Gasteiger charge is -2.27. The van der Waals surface area contributed by atoms with E-state index < -0.39 is 10.0 Å². The molecule has 0 bridgehead atoms. The third kappa shape index (κ3) is 3.60. The zero-order valence-electron chi connectivity index (χ0n) is 14.8. The number of H-pyrrole nitrogens is 1. The molecule has 0 aliphatic carbocycles. The molecular weight excluding hydrogens is 382 g/mol. The number of aryl methyl sites for hydroxylation is 1. The van der Waals surface area contributed by atoms with Crippen molar-refractivity contribution in [1.82, 2.24) is 14.5 Å². The third-order valence-corrected chi connectivity index (χ3v) is 8.10. The van der Waals surface area contributed by atoms with E-state index in [1.807, 2.05) is 18.2 Å². The highest BCUT2D eigenvalue weighted by Gasteiger charge is 2.29. The van der Waals surface area contributed by atoms with Crippen LogP contribution < -0.4 is 5.56 Å². The maximum absolute atomic E-state index is 13.0. The summed E-state index contributed by atoms with van der Waals surface area (Å²) in [5.41, 5.74) is 3.33. The van der Waals surface area contributed by atoms with E-state index in [1.165, 1.54) is 21.2 Å². The SMILES string of the molecule is Cc1cc(Cc2ccc(S(=O)(=O)N3CCc4ccccc4C3)s2)c(=O)[nH]n1. The summed E-state index contributed by atoms with van der Waals surface area (Å²) < 4.78 is 27.9. The molecule has 6 nitrogen and oxygen atoms in total. The Balaban J connectivity index is 1.57. The predicted molar refractivity (Wildman–Crippen MR) is 104 cm³/mol. The Morgan fingerprint density at radius 1 is 1.19 bits per heavy atom. The van der Waals surface area contributed by atoms with Crippen LogP contribution in [0, 0.1) is 6.92 Å². The van der Waals surface area contributed by atoms with Crippen LogP contribution in [0.15, 0.2) is 51.5 Å². The monoisotopic (exact) mass is 401 g/mol. The summed E-state index contributed by atoms with van der Waals surface area (Å²) in [6, 6.07) is 13.1. The second-order valence-electron chi connectivity index (χ2n) is 6.62. The lowest BCUT2D eigenvalue weighted by atomic mass is 10.0. The van der Waals surface area contributed by atoms with Crippen LogP contribution >= 0.6 is 11.3 Å². The third-order valence-electron chi connectivity index (χ3n) is 4.70. The van der Waals surface area contributed by atoms with Crippen LogP contribution in [0.25, 0.3) is 0 Å². The molecule has 1 aliphatic heterocycles. The van der Waals surface area contributed by atoms with Crippen molar-refractivity contribution in [3.05, 3.63) is 80.1 Å². The lowest BCUT2D eigenvalue weighted by molar-refractivity contribution is 0.392. The van der Waals surface area contributed by atoms with Crippen LogP contribution in [0.4, 0.5) is 0 Å². The van der Waals surface area contributed by atoms with Gasteiger partial charge in [-0.25, -0.2) is 13.5 Å². The van der Waals surface area contributed by atoms with E-state index in [-0.39, 0.29) is 5.56 Å². The zero-order chi connectivity index (χ0) is 19.0. The molecule has 0 amide bonds. The van der Waals surface area contributed by atoms with Gasteiger partial charge in [0.1, 0.15) is 4.21 Å². The summed E-state index contributed by atoms with van der Waals surface area (Å²) in [5, 5.41) is 6.33. The fourth-order valence-corrected chi connectivity index (χ4v) is 6.23. The summed E-state index contributed by atoms with van der Waals surface area (Å²) in [5.74, 6) is 0. The minimum Gasteiger partial charge on any atom is -0.268 e. The quantitative estimate of drug-likeness (QED) is 0.728. The first-order valence-electron chi connectivity index (χ1n) is 8.64. The molecule has 0 saturated carbocycles. The first-order valence-corrected chi connectivity index (χ1v) is 10.9. The summed E-state index contributed by atoms with van der Waals surface area (Å²) >= 11 is 1.22. The van der Waals surface area contributed by atoms with Gasteiger partial charge in [0.25, 0.3) is 15.6 Å². The molecule has 140 valence electrons. The molecule has 4 rings (SSSR count). The number of hydrogen-bond donors (Lipinski definition) is 1. The van der Waals surface area contributed by atoms with E-state index >= 15 is 0 Å². The number of nitrogens with zero attached hydrogens (tertiary/aromatic N) is 2. The molecule has 27 heavy (non-hydrogen) atoms. The smallest absolute Gasteiger partial charge is 0.267 e. The Hall–Kier alpha value is -2.29. The first kappa shape index (κ1) is 18.1. The van der Waals surface area contributed by atoms with E-state index in [9.17, 15) is 13.2 Å². The van der Waals surface area contributed by atoms with Gasteiger partial charge < -0.3 is 0 Å². The topological polar surface area (TPSA) is 83.1 Å². The van der Waals surface area contributed by atoms with E-state index in [2.05, 4.69) is 16.3 Å². The van der Waals surface area contributed by atoms with Crippen molar-refractivity contribution in [2.75, 3.05) is 6.54 Å². The van der Waals surface area contributed by atoms with E-state index in [1.54, 1.807) is 25.1 Å². The van der Waals surface area contributed by atoms with Gasteiger partial charge in [-0.15, -0.1) is 11.3 Å². The minimum atomic E-state index is -3.54. The van der Waals surface area contributed by atoms with E-state index in [0.717, 1.165) is 22.6 Å². The lowest BCUT2D eigenvalue weighted by Crippen LogP contribution is -2.35. The fourth-order valence-electron chi connectivity index (χ4n) is 3.27. The average molecular weight is 402 g/mol. The molecule has 0 spiro atoms. The zero-order valence-corrected chi connectivity index (χ0v) is 16.4. The van der Waals surface area contributed by atoms with Gasteiger partial charge in [-0.05, 0) is 42.7 Å². The molecule has 0 unspecified atom stereocenters. The number of nitrogens with one attached hydrogen (secondary N) is 1. The van der Waals surface area contributed by atoms with Gasteiger partial charge in [0.05, 0.1) is 5.69 Å². The van der Waals surface area contributed by atoms with Crippen LogP contribution in [-0.4, -0.2) is 29.5 Å². The molecule has 0 atom stereocenters. The van der Waals surface area contributed by atoms with Crippen molar-refractivity contribution in [1.29, 1.82) is 0 Å². The number of rotatable bonds is 4. The highest BCUT2D eigenvalue weighted by Crippen LogP contribution is 2.29. The van der Waals surface area contributed by atoms with Crippen molar-refractivity contribution >= 4 is 21.4 Å². The number of fused-ring (bicyclic) bond motifs is 1. The van der Waals surface area contributed by atoms with Crippen molar-refractivity contribution in [3.8, 4) is 0 Å². The molecule has 1 aliphatic rings. The molecule has 8 heteroatoms. The summed E-state index contributed by atoms with van der Waals surface area (Å²) in [4.78, 5) is 12.7. The maximum atomic E-state index is 13.0. The molecule has 2 aromatic heterocycles. The van der Waals surface area contributed by atoms with Crippen molar-refractivity contribution in [2.45, 2.75) is 30.5 Å². The minimum absolute atomic E-state index is 0.244. The van der Waals surface area contributed by atoms with Crippen molar-refractivity contribution in [3.63, 3.8) is 0 Å². The maximum Gasteiger partial charge on any atom is 0.267 e. The van der Waals surface area contributed by atoms with Crippen LogP contribution in [0.1, 0.15) is 27.3 Å². The molecule has 0 radical (unpaired) electrons. The fraction of sp³-hybridized carbons (Fsp3) is 0.263. The van der Waals surface area contributed by atoms with Gasteiger partial charge >= 0.3 is 0 Å². The summed E-state index contributed by atoms with van der Waals surface area (Å²) in [6.45, 7) is 2.68. The molecule has 0 saturated heterocycles. The highest BCUT2D eigenvalue weighted by molar-refractivity contribution is 7.91. The standard InChI is InChI=1S/C19H19N3O3S2/c1-13-10-16(19(23)21-20-13)11-17-6-7-18(26-17)27(24,25)22-9-8-14-4-2-3-5-15(14)12-22/h2-7,10H,8-9,11-12H2,1H3,(H,21,23). The number of thiophene rings is 1. The van der Waals surface area contributed by atoms with Crippen LogP contribution in [-0.2, 0) is 29.4 Å². The molecule has 0 fully saturated rings. The molecule has 3 aromatic rings. The molecular formula is C19H19N3O3S2. The van der Waals surface area contributed by atoms with Gasteiger partial charge in [-0.2, -0.15) is 9.40 Å². The Kier molecular flexibility index (Phi) is 4.71. The molecule has 1 N–H and O–H groups in total. The number of sulfonamides is 1. The van der Waals surface area contributed by atoms with Gasteiger partial charge in [0.2, 0.25) is 0 Å². The predicted octanol–water partition coefficient (Wildman–Crippen LogP) is 2.48. The Bertz CT molecular complexity index is 1150. The van der Waals surface area contributed by atoms with Crippen LogP contribution in [0.2, 0.25) is 0 Å². The number of aromatic nitrogens is 2. The van der Waals surface area contributed by atoms with E-state index in [0.29, 0.717) is 29.3 Å². The summed E-state index contributed by atoms with van der Waals surface area (Å²) in [7, 11) is -3.54.